The summed E-state index contributed by atoms with van der Waals surface area (Å²) in [7, 11) is 1.35. The van der Waals surface area contributed by atoms with Gasteiger partial charge in [-0.3, -0.25) is 19.3 Å². The Bertz CT molecular complexity index is 994. The van der Waals surface area contributed by atoms with E-state index in [1.165, 1.54) is 19.2 Å². The molecule has 0 aliphatic carbocycles. The lowest BCUT2D eigenvalue weighted by molar-refractivity contribution is -0.385. The van der Waals surface area contributed by atoms with Crippen LogP contribution in [-0.2, 0) is 0 Å². The summed E-state index contributed by atoms with van der Waals surface area (Å²) in [5.41, 5.74) is 2.70. The van der Waals surface area contributed by atoms with Gasteiger partial charge in [0.15, 0.2) is 5.75 Å². The number of aromatic nitrogens is 2. The number of benzene rings is 1. The number of aryl methyl sites for hydroxylation is 2. The Labute approximate surface area is 143 Å². The number of ether oxygens (including phenoxy) is 1. The van der Waals surface area contributed by atoms with Crippen molar-refractivity contribution in [3.63, 3.8) is 0 Å². The van der Waals surface area contributed by atoms with Crippen molar-refractivity contribution in [2.45, 2.75) is 13.8 Å². The highest BCUT2D eigenvalue weighted by Crippen LogP contribution is 2.30. The molecule has 0 fully saturated rings. The maximum absolute atomic E-state index is 12.7. The Morgan fingerprint density at radius 3 is 2.76 bits per heavy atom. The largest absolute Gasteiger partial charge is 0.490 e. The highest BCUT2D eigenvalue weighted by molar-refractivity contribution is 6.04. The van der Waals surface area contributed by atoms with Crippen LogP contribution < -0.4 is 10.1 Å². The Morgan fingerprint density at radius 1 is 1.32 bits per heavy atom. The van der Waals surface area contributed by atoms with Crippen molar-refractivity contribution in [1.29, 1.82) is 0 Å². The van der Waals surface area contributed by atoms with Gasteiger partial charge in [-0.1, -0.05) is 6.07 Å². The van der Waals surface area contributed by atoms with E-state index in [2.05, 4.69) is 10.3 Å². The zero-order valence-corrected chi connectivity index (χ0v) is 13.9. The SMILES string of the molecule is COc1ccc(NC(=O)c2c(C)nc3c(C)cccn23)cc1[N+](=O)[O-]. The number of carbonyl (C=O) groups is 1. The van der Waals surface area contributed by atoms with Crippen molar-refractivity contribution in [3.05, 3.63) is 63.6 Å². The average Bonchev–Trinajstić information content (AvgIpc) is 2.92. The lowest BCUT2D eigenvalue weighted by Crippen LogP contribution is -2.15. The van der Waals surface area contributed by atoms with Crippen LogP contribution >= 0.6 is 0 Å². The van der Waals surface area contributed by atoms with E-state index in [1.54, 1.807) is 23.6 Å². The topological polar surface area (TPSA) is 98.8 Å². The zero-order valence-electron chi connectivity index (χ0n) is 13.9. The molecule has 1 aromatic carbocycles. The van der Waals surface area contributed by atoms with Gasteiger partial charge in [-0.25, -0.2) is 4.98 Å². The summed E-state index contributed by atoms with van der Waals surface area (Å²) in [6, 6.07) is 8.00. The van der Waals surface area contributed by atoms with E-state index >= 15 is 0 Å². The molecule has 0 saturated heterocycles. The van der Waals surface area contributed by atoms with Crippen LogP contribution in [0.2, 0.25) is 0 Å². The first kappa shape index (κ1) is 16.4. The fourth-order valence-corrected chi connectivity index (χ4v) is 2.69. The van der Waals surface area contributed by atoms with E-state index in [-0.39, 0.29) is 11.4 Å². The average molecular weight is 340 g/mol. The van der Waals surface area contributed by atoms with Crippen molar-refractivity contribution in [2.24, 2.45) is 0 Å². The van der Waals surface area contributed by atoms with Gasteiger partial charge in [-0.2, -0.15) is 0 Å². The highest BCUT2D eigenvalue weighted by Gasteiger charge is 2.20. The first-order valence-corrected chi connectivity index (χ1v) is 7.50. The normalized spacial score (nSPS) is 10.7. The summed E-state index contributed by atoms with van der Waals surface area (Å²) >= 11 is 0. The number of fused-ring (bicyclic) bond motifs is 1. The molecule has 0 aliphatic heterocycles. The zero-order chi connectivity index (χ0) is 18.1. The van der Waals surface area contributed by atoms with Crippen LogP contribution in [0.1, 0.15) is 21.7 Å². The third-order valence-electron chi connectivity index (χ3n) is 3.87. The van der Waals surface area contributed by atoms with Crippen LogP contribution in [-0.4, -0.2) is 27.3 Å². The molecule has 2 heterocycles. The van der Waals surface area contributed by atoms with E-state index in [1.807, 2.05) is 19.1 Å². The molecule has 1 amide bonds. The number of rotatable bonds is 4. The number of anilines is 1. The fraction of sp³-hybridized carbons (Fsp3) is 0.176. The molecule has 128 valence electrons. The molecule has 3 rings (SSSR count). The fourth-order valence-electron chi connectivity index (χ4n) is 2.69. The third-order valence-corrected chi connectivity index (χ3v) is 3.87. The number of methoxy groups -OCH3 is 1. The van der Waals surface area contributed by atoms with E-state index in [9.17, 15) is 14.9 Å². The molecule has 1 N–H and O–H groups in total. The highest BCUT2D eigenvalue weighted by atomic mass is 16.6. The van der Waals surface area contributed by atoms with Crippen molar-refractivity contribution in [1.82, 2.24) is 9.38 Å². The number of hydrogen-bond acceptors (Lipinski definition) is 5. The van der Waals surface area contributed by atoms with E-state index in [0.29, 0.717) is 22.7 Å². The van der Waals surface area contributed by atoms with Crippen LogP contribution in [0.15, 0.2) is 36.5 Å². The number of nitrogens with zero attached hydrogens (tertiary/aromatic N) is 3. The maximum atomic E-state index is 12.7. The predicted octanol–water partition coefficient (Wildman–Crippen LogP) is 3.12. The van der Waals surface area contributed by atoms with Gasteiger partial charge in [0, 0.05) is 18.0 Å². The number of nitro benzene ring substituents is 1. The number of pyridine rings is 1. The van der Waals surface area contributed by atoms with Gasteiger partial charge >= 0.3 is 5.69 Å². The van der Waals surface area contributed by atoms with Gasteiger partial charge in [-0.15, -0.1) is 0 Å². The molecule has 8 nitrogen and oxygen atoms in total. The van der Waals surface area contributed by atoms with Crippen molar-refractivity contribution >= 4 is 22.9 Å². The Morgan fingerprint density at radius 2 is 2.08 bits per heavy atom. The van der Waals surface area contributed by atoms with Crippen LogP contribution in [0.25, 0.3) is 5.65 Å². The monoisotopic (exact) mass is 340 g/mol. The number of imidazole rings is 1. The number of amides is 1. The minimum absolute atomic E-state index is 0.129. The molecule has 0 unspecified atom stereocenters. The molecule has 25 heavy (non-hydrogen) atoms. The Balaban J connectivity index is 1.99. The van der Waals surface area contributed by atoms with Crippen LogP contribution in [0.4, 0.5) is 11.4 Å². The molecule has 0 saturated carbocycles. The molecule has 0 spiro atoms. The number of nitrogens with one attached hydrogen (secondary N) is 1. The molecule has 2 aromatic heterocycles. The third kappa shape index (κ3) is 2.89. The number of nitro groups is 1. The van der Waals surface area contributed by atoms with Gasteiger partial charge in [0.05, 0.1) is 17.7 Å². The van der Waals surface area contributed by atoms with Gasteiger partial charge < -0.3 is 10.1 Å². The molecular formula is C17H16N4O4. The second-order valence-electron chi connectivity index (χ2n) is 5.53. The quantitative estimate of drug-likeness (QED) is 0.581. The minimum Gasteiger partial charge on any atom is -0.490 e. The van der Waals surface area contributed by atoms with Gasteiger partial charge in [-0.05, 0) is 37.6 Å². The first-order chi connectivity index (χ1) is 11.9. The number of carbonyl (C=O) groups excluding carboxylic acids is 1. The lowest BCUT2D eigenvalue weighted by Gasteiger charge is -2.08. The molecule has 0 aliphatic rings. The maximum Gasteiger partial charge on any atom is 0.312 e. The molecule has 8 heteroatoms. The molecule has 0 bridgehead atoms. The van der Waals surface area contributed by atoms with Crippen LogP contribution in [0.3, 0.4) is 0 Å². The lowest BCUT2D eigenvalue weighted by atomic mass is 10.2. The second kappa shape index (κ2) is 6.23. The van der Waals surface area contributed by atoms with Crippen LogP contribution in [0, 0.1) is 24.0 Å². The van der Waals surface area contributed by atoms with E-state index in [4.69, 9.17) is 4.74 Å². The van der Waals surface area contributed by atoms with Gasteiger partial charge in [0.25, 0.3) is 5.91 Å². The Kier molecular flexibility index (Phi) is 4.10. The molecular weight excluding hydrogens is 324 g/mol. The van der Waals surface area contributed by atoms with Gasteiger partial charge in [0.2, 0.25) is 0 Å². The van der Waals surface area contributed by atoms with Crippen molar-refractivity contribution in [2.75, 3.05) is 12.4 Å². The standard InChI is InChI=1S/C17H16N4O4/c1-10-5-4-8-20-15(11(2)18-16(10)20)17(22)19-12-6-7-14(25-3)13(9-12)21(23)24/h4-9H,1-3H3,(H,19,22). The number of hydrogen-bond donors (Lipinski definition) is 1. The summed E-state index contributed by atoms with van der Waals surface area (Å²) in [6.07, 6.45) is 1.76. The molecule has 3 aromatic rings. The summed E-state index contributed by atoms with van der Waals surface area (Å²) < 4.78 is 6.67. The summed E-state index contributed by atoms with van der Waals surface area (Å²) in [5.74, 6) is -0.264. The van der Waals surface area contributed by atoms with Crippen LogP contribution in [0.5, 0.6) is 5.75 Å². The molecule has 0 radical (unpaired) electrons. The second-order valence-corrected chi connectivity index (χ2v) is 5.53. The van der Waals surface area contributed by atoms with Crippen molar-refractivity contribution < 1.29 is 14.5 Å². The summed E-state index contributed by atoms with van der Waals surface area (Å²) in [6.45, 7) is 3.66. The molecule has 0 atom stereocenters. The summed E-state index contributed by atoms with van der Waals surface area (Å²) in [5, 5.41) is 13.8. The Hall–Kier alpha value is -3.42. The van der Waals surface area contributed by atoms with E-state index < -0.39 is 10.8 Å². The predicted molar refractivity (Wildman–Crippen MR) is 92.3 cm³/mol. The summed E-state index contributed by atoms with van der Waals surface area (Å²) in [4.78, 5) is 27.7. The van der Waals surface area contributed by atoms with Gasteiger partial charge in [0.1, 0.15) is 11.3 Å². The minimum atomic E-state index is -0.558. The van der Waals surface area contributed by atoms with Crippen molar-refractivity contribution in [3.8, 4) is 5.75 Å². The van der Waals surface area contributed by atoms with E-state index in [0.717, 1.165) is 5.56 Å². The smallest absolute Gasteiger partial charge is 0.312 e. The first-order valence-electron chi connectivity index (χ1n) is 7.50.